The molecule has 1 saturated carbocycles. The lowest BCUT2D eigenvalue weighted by atomic mass is 9.93. The van der Waals surface area contributed by atoms with Gasteiger partial charge in [0.15, 0.2) is 0 Å². The lowest BCUT2D eigenvalue weighted by molar-refractivity contribution is 0.0945. The molecular weight excluding hydrogens is 345 g/mol. The van der Waals surface area contributed by atoms with E-state index in [9.17, 15) is 14.0 Å². The Morgan fingerprint density at radius 1 is 1.04 bits per heavy atom. The fourth-order valence-electron chi connectivity index (χ4n) is 4.07. The Labute approximate surface area is 160 Å². The standard InChI is InChI=1S/C21H30FN3O2/c22-19-9-5-4-8-18(19)20(26)23-13-10-16-11-14-25(15-12-16)21(27)24-17-6-2-1-3-7-17/h4-5,8-9,16-17H,1-3,6-7,10-15H2,(H,23,26)(H,24,27). The van der Waals surface area contributed by atoms with Gasteiger partial charge in [-0.15, -0.1) is 0 Å². The van der Waals surface area contributed by atoms with Crippen LogP contribution < -0.4 is 10.6 Å². The molecule has 0 bridgehead atoms. The van der Waals surface area contributed by atoms with Crippen LogP contribution in [0.15, 0.2) is 24.3 Å². The maximum atomic E-state index is 13.6. The molecule has 2 fully saturated rings. The number of amides is 3. The minimum Gasteiger partial charge on any atom is -0.352 e. The number of rotatable bonds is 5. The van der Waals surface area contributed by atoms with Gasteiger partial charge in [-0.1, -0.05) is 31.4 Å². The molecule has 1 aliphatic heterocycles. The zero-order valence-electron chi connectivity index (χ0n) is 15.9. The summed E-state index contributed by atoms with van der Waals surface area (Å²) in [6.45, 7) is 2.07. The number of benzene rings is 1. The Morgan fingerprint density at radius 3 is 2.44 bits per heavy atom. The Hall–Kier alpha value is -2.11. The lowest BCUT2D eigenvalue weighted by Crippen LogP contribution is -2.48. The molecule has 1 aromatic rings. The van der Waals surface area contributed by atoms with Crippen LogP contribution in [-0.4, -0.2) is 42.5 Å². The van der Waals surface area contributed by atoms with E-state index < -0.39 is 5.82 Å². The third kappa shape index (κ3) is 5.68. The highest BCUT2D eigenvalue weighted by molar-refractivity contribution is 5.94. The summed E-state index contributed by atoms with van der Waals surface area (Å²) in [6.07, 6.45) is 8.68. The second kappa shape index (κ2) is 9.72. The summed E-state index contributed by atoms with van der Waals surface area (Å²) in [5, 5.41) is 5.98. The van der Waals surface area contributed by atoms with Crippen LogP contribution in [0.3, 0.4) is 0 Å². The highest BCUT2D eigenvalue weighted by Crippen LogP contribution is 2.21. The molecule has 1 heterocycles. The largest absolute Gasteiger partial charge is 0.352 e. The van der Waals surface area contributed by atoms with Gasteiger partial charge in [0, 0.05) is 25.7 Å². The average molecular weight is 375 g/mol. The fourth-order valence-corrected chi connectivity index (χ4v) is 4.07. The highest BCUT2D eigenvalue weighted by atomic mass is 19.1. The minimum atomic E-state index is -0.493. The van der Waals surface area contributed by atoms with Crippen molar-refractivity contribution in [2.24, 2.45) is 5.92 Å². The van der Waals surface area contributed by atoms with Crippen molar-refractivity contribution in [1.29, 1.82) is 0 Å². The molecule has 1 aliphatic carbocycles. The third-order valence-corrected chi connectivity index (χ3v) is 5.79. The number of piperidine rings is 1. The second-order valence-corrected chi connectivity index (χ2v) is 7.74. The van der Waals surface area contributed by atoms with Gasteiger partial charge < -0.3 is 15.5 Å². The van der Waals surface area contributed by atoms with Crippen LogP contribution in [0.1, 0.15) is 61.7 Å². The van der Waals surface area contributed by atoms with E-state index in [0.717, 1.165) is 45.2 Å². The summed E-state index contributed by atoms with van der Waals surface area (Å²) in [6, 6.07) is 6.44. The molecule has 3 rings (SSSR count). The van der Waals surface area contributed by atoms with Crippen molar-refractivity contribution >= 4 is 11.9 Å². The number of halogens is 1. The van der Waals surface area contributed by atoms with Crippen LogP contribution >= 0.6 is 0 Å². The minimum absolute atomic E-state index is 0.0770. The van der Waals surface area contributed by atoms with Crippen molar-refractivity contribution in [2.45, 2.75) is 57.4 Å². The molecule has 6 heteroatoms. The first-order valence-corrected chi connectivity index (χ1v) is 10.2. The van der Waals surface area contributed by atoms with Gasteiger partial charge in [0.25, 0.3) is 5.91 Å². The van der Waals surface area contributed by atoms with E-state index in [2.05, 4.69) is 10.6 Å². The topological polar surface area (TPSA) is 61.4 Å². The summed E-state index contributed by atoms with van der Waals surface area (Å²) < 4.78 is 13.6. The average Bonchev–Trinajstić information content (AvgIpc) is 2.69. The number of nitrogens with one attached hydrogen (secondary N) is 2. The van der Waals surface area contributed by atoms with Crippen molar-refractivity contribution in [2.75, 3.05) is 19.6 Å². The van der Waals surface area contributed by atoms with Crippen LogP contribution in [0, 0.1) is 11.7 Å². The van der Waals surface area contributed by atoms with Gasteiger partial charge in [0.1, 0.15) is 5.82 Å². The first-order valence-electron chi connectivity index (χ1n) is 10.2. The molecule has 5 nitrogen and oxygen atoms in total. The van der Waals surface area contributed by atoms with E-state index in [0.29, 0.717) is 18.5 Å². The van der Waals surface area contributed by atoms with Crippen molar-refractivity contribution in [3.63, 3.8) is 0 Å². The predicted molar refractivity (Wildman–Crippen MR) is 103 cm³/mol. The number of urea groups is 1. The van der Waals surface area contributed by atoms with E-state index in [1.54, 1.807) is 12.1 Å². The lowest BCUT2D eigenvalue weighted by Gasteiger charge is -2.34. The molecule has 1 aromatic carbocycles. The van der Waals surface area contributed by atoms with Crippen molar-refractivity contribution < 1.29 is 14.0 Å². The van der Waals surface area contributed by atoms with Gasteiger partial charge in [0.05, 0.1) is 5.56 Å². The molecule has 2 N–H and O–H groups in total. The number of hydrogen-bond acceptors (Lipinski definition) is 2. The van der Waals surface area contributed by atoms with Crippen LogP contribution in [0.25, 0.3) is 0 Å². The summed E-state index contributed by atoms with van der Waals surface area (Å²) in [4.78, 5) is 26.3. The summed E-state index contributed by atoms with van der Waals surface area (Å²) >= 11 is 0. The van der Waals surface area contributed by atoms with Crippen LogP contribution in [-0.2, 0) is 0 Å². The van der Waals surface area contributed by atoms with Gasteiger partial charge in [-0.3, -0.25) is 4.79 Å². The number of nitrogens with zero attached hydrogens (tertiary/aromatic N) is 1. The zero-order chi connectivity index (χ0) is 19.1. The Kier molecular flexibility index (Phi) is 7.07. The SMILES string of the molecule is O=C(NCCC1CCN(C(=O)NC2CCCCC2)CC1)c1ccccc1F. The summed E-state index contributed by atoms with van der Waals surface area (Å²) in [7, 11) is 0. The summed E-state index contributed by atoms with van der Waals surface area (Å²) in [5.74, 6) is -0.366. The van der Waals surface area contributed by atoms with E-state index in [-0.39, 0.29) is 17.5 Å². The second-order valence-electron chi connectivity index (χ2n) is 7.74. The fraction of sp³-hybridized carbons (Fsp3) is 0.619. The van der Waals surface area contributed by atoms with E-state index in [4.69, 9.17) is 0 Å². The van der Waals surface area contributed by atoms with Crippen LogP contribution in [0.2, 0.25) is 0 Å². The van der Waals surface area contributed by atoms with Crippen molar-refractivity contribution in [1.82, 2.24) is 15.5 Å². The van der Waals surface area contributed by atoms with E-state index in [1.165, 1.54) is 31.4 Å². The number of hydrogen-bond donors (Lipinski definition) is 2. The maximum absolute atomic E-state index is 13.6. The molecule has 1 saturated heterocycles. The monoisotopic (exact) mass is 375 g/mol. The molecule has 3 amide bonds. The first kappa shape index (κ1) is 19.6. The van der Waals surface area contributed by atoms with Crippen molar-refractivity contribution in [3.05, 3.63) is 35.6 Å². The zero-order valence-corrected chi connectivity index (χ0v) is 15.9. The normalized spacial score (nSPS) is 18.9. The van der Waals surface area contributed by atoms with Crippen LogP contribution in [0.5, 0.6) is 0 Å². The highest BCUT2D eigenvalue weighted by Gasteiger charge is 2.25. The molecule has 0 aromatic heterocycles. The smallest absolute Gasteiger partial charge is 0.317 e. The predicted octanol–water partition coefficient (Wildman–Crippen LogP) is 3.70. The molecule has 0 atom stereocenters. The van der Waals surface area contributed by atoms with Gasteiger partial charge in [-0.05, 0) is 50.2 Å². The first-order chi connectivity index (χ1) is 13.1. The third-order valence-electron chi connectivity index (χ3n) is 5.79. The Bertz CT molecular complexity index is 638. The molecule has 0 radical (unpaired) electrons. The molecule has 27 heavy (non-hydrogen) atoms. The van der Waals surface area contributed by atoms with Crippen LogP contribution in [0.4, 0.5) is 9.18 Å². The molecule has 2 aliphatic rings. The van der Waals surface area contributed by atoms with E-state index >= 15 is 0 Å². The molecular formula is C21H30FN3O2. The quantitative estimate of drug-likeness (QED) is 0.824. The Balaban J connectivity index is 1.34. The number of likely N-dealkylation sites (tertiary alicyclic amines) is 1. The summed E-state index contributed by atoms with van der Waals surface area (Å²) in [5.41, 5.74) is 0.0895. The van der Waals surface area contributed by atoms with Gasteiger partial charge in [0.2, 0.25) is 0 Å². The number of carbonyl (C=O) groups is 2. The molecule has 0 unspecified atom stereocenters. The van der Waals surface area contributed by atoms with Gasteiger partial charge in [-0.2, -0.15) is 0 Å². The maximum Gasteiger partial charge on any atom is 0.317 e. The van der Waals surface area contributed by atoms with E-state index in [1.807, 2.05) is 4.90 Å². The van der Waals surface area contributed by atoms with Crippen molar-refractivity contribution in [3.8, 4) is 0 Å². The Morgan fingerprint density at radius 2 is 1.74 bits per heavy atom. The molecule has 0 spiro atoms. The van der Waals surface area contributed by atoms with Gasteiger partial charge >= 0.3 is 6.03 Å². The van der Waals surface area contributed by atoms with Gasteiger partial charge in [-0.25, -0.2) is 9.18 Å². The molecule has 148 valence electrons. The number of carbonyl (C=O) groups excluding carboxylic acids is 2.